The van der Waals surface area contributed by atoms with Gasteiger partial charge in [0.05, 0.1) is 10.7 Å². The van der Waals surface area contributed by atoms with Crippen LogP contribution in [0, 0.1) is 6.92 Å². The smallest absolute Gasteiger partial charge is 0.242 e. The van der Waals surface area contributed by atoms with E-state index in [1.807, 2.05) is 13.0 Å². The van der Waals surface area contributed by atoms with Crippen molar-refractivity contribution in [3.8, 4) is 0 Å². The van der Waals surface area contributed by atoms with Gasteiger partial charge in [-0.15, -0.1) is 5.10 Å². The first kappa shape index (κ1) is 17.0. The molecule has 9 heteroatoms. The van der Waals surface area contributed by atoms with Crippen molar-refractivity contribution >= 4 is 39.0 Å². The van der Waals surface area contributed by atoms with E-state index < -0.39 is 10.0 Å². The second kappa shape index (κ2) is 7.23. The van der Waals surface area contributed by atoms with Gasteiger partial charge in [0, 0.05) is 18.1 Å². The minimum atomic E-state index is -3.72. The molecule has 2 N–H and O–H groups in total. The van der Waals surface area contributed by atoms with E-state index in [1.165, 1.54) is 18.2 Å². The normalized spacial score (nSPS) is 11.4. The molecule has 0 atom stereocenters. The van der Waals surface area contributed by atoms with Gasteiger partial charge in [-0.3, -0.25) is 0 Å². The number of aromatic nitrogens is 2. The van der Waals surface area contributed by atoms with Gasteiger partial charge in [0.25, 0.3) is 0 Å². The standard InChI is InChI=1S/C13H14Cl2N4O2S/c1-9-2-5-13(19-18-9)16-6-7-17-22(20,21)12-8-10(14)3-4-11(12)15/h2-5,8,17H,6-7H2,1H3,(H,16,19). The number of hydrogen-bond donors (Lipinski definition) is 2. The summed E-state index contributed by atoms with van der Waals surface area (Å²) in [5.41, 5.74) is 0.807. The molecule has 2 aromatic rings. The Balaban J connectivity index is 1.93. The maximum atomic E-state index is 12.2. The zero-order chi connectivity index (χ0) is 16.2. The molecule has 1 heterocycles. The molecule has 0 aliphatic carbocycles. The van der Waals surface area contributed by atoms with Crippen molar-refractivity contribution < 1.29 is 8.42 Å². The van der Waals surface area contributed by atoms with Gasteiger partial charge in [-0.1, -0.05) is 23.2 Å². The minimum Gasteiger partial charge on any atom is -0.367 e. The van der Waals surface area contributed by atoms with Crippen LogP contribution in [-0.2, 0) is 10.0 Å². The quantitative estimate of drug-likeness (QED) is 0.773. The average Bonchev–Trinajstić information content (AvgIpc) is 2.48. The number of halogens is 2. The topological polar surface area (TPSA) is 84.0 Å². The first-order valence-corrected chi connectivity index (χ1v) is 8.61. The SMILES string of the molecule is Cc1ccc(NCCNS(=O)(=O)c2cc(Cl)ccc2Cl)nn1. The van der Waals surface area contributed by atoms with Gasteiger partial charge in [-0.2, -0.15) is 5.10 Å². The van der Waals surface area contributed by atoms with Crippen molar-refractivity contribution in [3.05, 3.63) is 46.1 Å². The summed E-state index contributed by atoms with van der Waals surface area (Å²) in [6, 6.07) is 7.86. The number of aryl methyl sites for hydroxylation is 1. The van der Waals surface area contributed by atoms with Gasteiger partial charge < -0.3 is 5.32 Å². The van der Waals surface area contributed by atoms with E-state index in [1.54, 1.807) is 6.07 Å². The van der Waals surface area contributed by atoms with Gasteiger partial charge in [0.15, 0.2) is 0 Å². The Hall–Kier alpha value is -1.41. The molecular weight excluding hydrogens is 347 g/mol. The minimum absolute atomic E-state index is 0.0446. The van der Waals surface area contributed by atoms with Crippen LogP contribution in [0.5, 0.6) is 0 Å². The third kappa shape index (κ3) is 4.54. The van der Waals surface area contributed by atoms with Crippen molar-refractivity contribution in [3.63, 3.8) is 0 Å². The van der Waals surface area contributed by atoms with Gasteiger partial charge in [-0.25, -0.2) is 13.1 Å². The van der Waals surface area contributed by atoms with Crippen LogP contribution in [0.2, 0.25) is 10.0 Å². The second-order valence-corrected chi connectivity index (χ2v) is 7.04. The molecule has 0 fully saturated rings. The van der Waals surface area contributed by atoms with E-state index in [9.17, 15) is 8.42 Å². The number of hydrogen-bond acceptors (Lipinski definition) is 5. The lowest BCUT2D eigenvalue weighted by atomic mass is 10.4. The molecule has 0 radical (unpaired) electrons. The first-order valence-electron chi connectivity index (χ1n) is 6.37. The average molecular weight is 361 g/mol. The molecule has 0 unspecified atom stereocenters. The Morgan fingerprint density at radius 3 is 2.55 bits per heavy atom. The third-order valence-electron chi connectivity index (χ3n) is 2.70. The van der Waals surface area contributed by atoms with Crippen LogP contribution in [0.4, 0.5) is 5.82 Å². The molecule has 0 saturated carbocycles. The largest absolute Gasteiger partial charge is 0.367 e. The predicted octanol–water partition coefficient (Wildman–Crippen LogP) is 2.48. The summed E-state index contributed by atoms with van der Waals surface area (Å²) in [7, 11) is -3.72. The maximum absolute atomic E-state index is 12.2. The van der Waals surface area contributed by atoms with Gasteiger partial charge in [0.2, 0.25) is 10.0 Å². The van der Waals surface area contributed by atoms with Crippen LogP contribution in [0.25, 0.3) is 0 Å². The molecule has 22 heavy (non-hydrogen) atoms. The fourth-order valence-corrected chi connectivity index (χ4v) is 3.42. The lowest BCUT2D eigenvalue weighted by Crippen LogP contribution is -2.29. The highest BCUT2D eigenvalue weighted by molar-refractivity contribution is 7.89. The Kier molecular flexibility index (Phi) is 5.57. The highest BCUT2D eigenvalue weighted by Crippen LogP contribution is 2.24. The fourth-order valence-electron chi connectivity index (χ4n) is 1.63. The molecule has 1 aromatic carbocycles. The molecule has 0 spiro atoms. The highest BCUT2D eigenvalue weighted by atomic mass is 35.5. The summed E-state index contributed by atoms with van der Waals surface area (Å²) in [4.78, 5) is -0.0446. The Morgan fingerprint density at radius 1 is 1.09 bits per heavy atom. The number of sulfonamides is 1. The lowest BCUT2D eigenvalue weighted by molar-refractivity contribution is 0.583. The van der Waals surface area contributed by atoms with Crippen molar-refractivity contribution in [1.29, 1.82) is 0 Å². The molecule has 0 aliphatic rings. The Labute approximate surface area is 138 Å². The molecule has 0 amide bonds. The van der Waals surface area contributed by atoms with Crippen molar-refractivity contribution in [2.45, 2.75) is 11.8 Å². The van der Waals surface area contributed by atoms with Crippen LogP contribution in [-0.4, -0.2) is 31.7 Å². The van der Waals surface area contributed by atoms with Crippen molar-refractivity contribution in [2.24, 2.45) is 0 Å². The van der Waals surface area contributed by atoms with Crippen LogP contribution in [0.1, 0.15) is 5.69 Å². The Morgan fingerprint density at radius 2 is 1.86 bits per heavy atom. The van der Waals surface area contributed by atoms with Gasteiger partial charge in [-0.05, 0) is 37.3 Å². The van der Waals surface area contributed by atoms with Crippen LogP contribution < -0.4 is 10.0 Å². The summed E-state index contributed by atoms with van der Waals surface area (Å²) in [5.74, 6) is 0.575. The van der Waals surface area contributed by atoms with Crippen LogP contribution in [0.3, 0.4) is 0 Å². The van der Waals surface area contributed by atoms with E-state index >= 15 is 0 Å². The zero-order valence-electron chi connectivity index (χ0n) is 11.7. The van der Waals surface area contributed by atoms with Gasteiger partial charge >= 0.3 is 0 Å². The number of benzene rings is 1. The molecular formula is C13H14Cl2N4O2S. The predicted molar refractivity (Wildman–Crippen MR) is 86.9 cm³/mol. The lowest BCUT2D eigenvalue weighted by Gasteiger charge is -2.09. The van der Waals surface area contributed by atoms with Crippen molar-refractivity contribution in [2.75, 3.05) is 18.4 Å². The molecule has 1 aromatic heterocycles. The number of nitrogens with one attached hydrogen (secondary N) is 2. The first-order chi connectivity index (χ1) is 10.4. The van der Waals surface area contributed by atoms with E-state index in [0.29, 0.717) is 17.4 Å². The van der Waals surface area contributed by atoms with Crippen molar-refractivity contribution in [1.82, 2.24) is 14.9 Å². The summed E-state index contributed by atoms with van der Waals surface area (Å²) < 4.78 is 26.7. The molecule has 6 nitrogen and oxygen atoms in total. The molecule has 0 saturated heterocycles. The van der Waals surface area contributed by atoms with Gasteiger partial charge in [0.1, 0.15) is 10.7 Å². The molecule has 0 bridgehead atoms. The van der Waals surface area contributed by atoms with E-state index in [-0.39, 0.29) is 16.5 Å². The van der Waals surface area contributed by atoms with E-state index in [4.69, 9.17) is 23.2 Å². The van der Waals surface area contributed by atoms with Crippen LogP contribution in [0.15, 0.2) is 35.2 Å². The number of rotatable bonds is 6. The zero-order valence-corrected chi connectivity index (χ0v) is 14.0. The monoisotopic (exact) mass is 360 g/mol. The van der Waals surface area contributed by atoms with E-state index in [2.05, 4.69) is 20.2 Å². The van der Waals surface area contributed by atoms with Crippen LogP contribution >= 0.6 is 23.2 Å². The fraction of sp³-hybridized carbons (Fsp3) is 0.231. The number of nitrogens with zero attached hydrogens (tertiary/aromatic N) is 2. The third-order valence-corrected chi connectivity index (χ3v) is 4.88. The Bertz CT molecular complexity index is 751. The summed E-state index contributed by atoms with van der Waals surface area (Å²) >= 11 is 11.7. The number of anilines is 1. The van der Waals surface area contributed by atoms with E-state index in [0.717, 1.165) is 5.69 Å². The maximum Gasteiger partial charge on any atom is 0.242 e. The summed E-state index contributed by atoms with van der Waals surface area (Å²) in [6.45, 7) is 2.36. The highest BCUT2D eigenvalue weighted by Gasteiger charge is 2.17. The molecule has 118 valence electrons. The summed E-state index contributed by atoms with van der Waals surface area (Å²) in [5, 5.41) is 11.2. The molecule has 0 aliphatic heterocycles. The molecule has 2 rings (SSSR count). The second-order valence-electron chi connectivity index (χ2n) is 4.46. The summed E-state index contributed by atoms with van der Waals surface area (Å²) in [6.07, 6.45) is 0.